The molecular formula is C15H13Cl2N3O. The molecule has 0 aliphatic heterocycles. The molecule has 0 unspecified atom stereocenters. The van der Waals surface area contributed by atoms with Gasteiger partial charge in [-0.1, -0.05) is 35.4 Å². The number of benzene rings is 1. The molecule has 0 spiro atoms. The molecule has 1 aromatic heterocycles. The number of anilines is 1. The van der Waals surface area contributed by atoms with Gasteiger partial charge in [0.2, 0.25) is 0 Å². The summed E-state index contributed by atoms with van der Waals surface area (Å²) in [4.78, 5) is 12.3. The molecule has 1 heterocycles. The Kier molecular flexibility index (Phi) is 3.99. The second-order valence-electron chi connectivity index (χ2n) is 4.85. The van der Waals surface area contributed by atoms with Gasteiger partial charge in [-0.2, -0.15) is 9.78 Å². The van der Waals surface area contributed by atoms with Crippen molar-refractivity contribution in [1.29, 1.82) is 0 Å². The van der Waals surface area contributed by atoms with Crippen molar-refractivity contribution in [3.8, 4) is 5.69 Å². The number of halogens is 2. The highest BCUT2D eigenvalue weighted by atomic mass is 35.5. The van der Waals surface area contributed by atoms with Gasteiger partial charge in [0.25, 0.3) is 5.56 Å². The van der Waals surface area contributed by atoms with Gasteiger partial charge in [0.05, 0.1) is 17.6 Å². The lowest BCUT2D eigenvalue weighted by Gasteiger charge is -2.15. The quantitative estimate of drug-likeness (QED) is 0.877. The van der Waals surface area contributed by atoms with Gasteiger partial charge in [-0.25, -0.2) is 0 Å². The van der Waals surface area contributed by atoms with E-state index in [4.69, 9.17) is 23.2 Å². The summed E-state index contributed by atoms with van der Waals surface area (Å²) in [5.74, 6) is 0. The normalized spacial score (nSPS) is 14.6. The second kappa shape index (κ2) is 5.92. The Morgan fingerprint density at radius 2 is 1.81 bits per heavy atom. The van der Waals surface area contributed by atoms with E-state index in [0.29, 0.717) is 16.4 Å². The minimum atomic E-state index is -0.352. The number of aromatic nitrogens is 2. The monoisotopic (exact) mass is 321 g/mol. The zero-order chi connectivity index (χ0) is 14.8. The smallest absolute Gasteiger partial charge is 0.292 e. The highest BCUT2D eigenvalue weighted by Gasteiger charge is 2.15. The van der Waals surface area contributed by atoms with Crippen LogP contribution in [0.3, 0.4) is 0 Å². The van der Waals surface area contributed by atoms with Crippen LogP contribution in [0.5, 0.6) is 0 Å². The fourth-order valence-electron chi connectivity index (χ4n) is 2.25. The highest BCUT2D eigenvalue weighted by Crippen LogP contribution is 2.22. The molecular weight excluding hydrogens is 309 g/mol. The molecule has 1 N–H and O–H groups in total. The van der Waals surface area contributed by atoms with Gasteiger partial charge >= 0.3 is 0 Å². The van der Waals surface area contributed by atoms with Crippen molar-refractivity contribution in [3.63, 3.8) is 0 Å². The first-order chi connectivity index (χ1) is 10.1. The standard InChI is InChI=1S/C15H13Cl2N3O/c16-10-5-7-12(8-6-10)20-15(21)14(17)13(9-18-20)19-11-3-1-2-4-11/h1-2,5-9,11,19H,3-4H2. The molecule has 3 rings (SSSR count). The predicted molar refractivity (Wildman–Crippen MR) is 85.6 cm³/mol. The number of hydrogen-bond acceptors (Lipinski definition) is 3. The average molecular weight is 322 g/mol. The van der Waals surface area contributed by atoms with E-state index < -0.39 is 0 Å². The van der Waals surface area contributed by atoms with Crippen molar-refractivity contribution < 1.29 is 0 Å². The first-order valence-corrected chi connectivity index (χ1v) is 7.36. The molecule has 0 bridgehead atoms. The van der Waals surface area contributed by atoms with E-state index in [2.05, 4.69) is 22.6 Å². The third-order valence-corrected chi connectivity index (χ3v) is 3.97. The summed E-state index contributed by atoms with van der Waals surface area (Å²) in [5.41, 5.74) is 0.843. The van der Waals surface area contributed by atoms with Crippen LogP contribution in [0, 0.1) is 0 Å². The molecule has 0 saturated heterocycles. The first kappa shape index (κ1) is 14.2. The predicted octanol–water partition coefficient (Wildman–Crippen LogP) is 3.67. The van der Waals surface area contributed by atoms with Crippen LogP contribution in [-0.2, 0) is 0 Å². The van der Waals surface area contributed by atoms with E-state index in [1.165, 1.54) is 4.68 Å². The Hall–Kier alpha value is -1.78. The Morgan fingerprint density at radius 3 is 2.48 bits per heavy atom. The van der Waals surface area contributed by atoms with Gasteiger partial charge in [0, 0.05) is 11.1 Å². The van der Waals surface area contributed by atoms with Crippen LogP contribution in [0.2, 0.25) is 10.0 Å². The van der Waals surface area contributed by atoms with Gasteiger partial charge in [-0.05, 0) is 37.1 Å². The zero-order valence-corrected chi connectivity index (χ0v) is 12.6. The first-order valence-electron chi connectivity index (χ1n) is 6.60. The van der Waals surface area contributed by atoms with Crippen LogP contribution in [0.25, 0.3) is 5.69 Å². The summed E-state index contributed by atoms with van der Waals surface area (Å²) in [6.45, 7) is 0. The third-order valence-electron chi connectivity index (χ3n) is 3.36. The van der Waals surface area contributed by atoms with Crippen LogP contribution >= 0.6 is 23.2 Å². The van der Waals surface area contributed by atoms with Gasteiger partial charge in [0.15, 0.2) is 0 Å². The lowest BCUT2D eigenvalue weighted by Crippen LogP contribution is -2.24. The molecule has 4 nitrogen and oxygen atoms in total. The number of hydrogen-bond donors (Lipinski definition) is 1. The summed E-state index contributed by atoms with van der Waals surface area (Å²) >= 11 is 12.0. The number of nitrogens with one attached hydrogen (secondary N) is 1. The van der Waals surface area contributed by atoms with Gasteiger partial charge < -0.3 is 5.32 Å². The van der Waals surface area contributed by atoms with Crippen molar-refractivity contribution >= 4 is 28.9 Å². The maximum atomic E-state index is 12.3. The highest BCUT2D eigenvalue weighted by molar-refractivity contribution is 6.33. The summed E-state index contributed by atoms with van der Waals surface area (Å²) in [7, 11) is 0. The third kappa shape index (κ3) is 2.96. The SMILES string of the molecule is O=c1c(Cl)c(NC2CC=CC2)cnn1-c1ccc(Cl)cc1. The van der Waals surface area contributed by atoms with E-state index in [-0.39, 0.29) is 16.6 Å². The van der Waals surface area contributed by atoms with Gasteiger partial charge in [0.1, 0.15) is 5.02 Å². The lowest BCUT2D eigenvalue weighted by atomic mass is 10.2. The molecule has 0 saturated carbocycles. The van der Waals surface area contributed by atoms with Crippen molar-refractivity contribution in [2.75, 3.05) is 5.32 Å². The van der Waals surface area contributed by atoms with Crippen LogP contribution in [0.15, 0.2) is 47.4 Å². The average Bonchev–Trinajstić information content (AvgIpc) is 2.98. The van der Waals surface area contributed by atoms with Crippen molar-refractivity contribution in [1.82, 2.24) is 9.78 Å². The maximum Gasteiger partial charge on any atom is 0.292 e. The topological polar surface area (TPSA) is 46.9 Å². The van der Waals surface area contributed by atoms with Crippen LogP contribution < -0.4 is 10.9 Å². The molecule has 0 atom stereocenters. The Bertz CT molecular complexity index is 730. The molecule has 0 radical (unpaired) electrons. The Morgan fingerprint density at radius 1 is 1.14 bits per heavy atom. The van der Waals surface area contributed by atoms with Crippen molar-refractivity contribution in [2.45, 2.75) is 18.9 Å². The molecule has 6 heteroatoms. The summed E-state index contributed by atoms with van der Waals surface area (Å²) < 4.78 is 1.26. The zero-order valence-electron chi connectivity index (χ0n) is 11.1. The molecule has 0 fully saturated rings. The number of rotatable bonds is 3. The molecule has 1 aliphatic rings. The molecule has 108 valence electrons. The summed E-state index contributed by atoms with van der Waals surface area (Å²) in [6, 6.07) is 7.13. The molecule has 1 aliphatic carbocycles. The summed E-state index contributed by atoms with van der Waals surface area (Å²) in [6.07, 6.45) is 7.64. The second-order valence-corrected chi connectivity index (χ2v) is 5.66. The fraction of sp³-hybridized carbons (Fsp3) is 0.200. The van der Waals surface area contributed by atoms with Crippen LogP contribution in [0.1, 0.15) is 12.8 Å². The van der Waals surface area contributed by atoms with Crippen LogP contribution in [0.4, 0.5) is 5.69 Å². The number of nitrogens with zero attached hydrogens (tertiary/aromatic N) is 2. The Balaban J connectivity index is 1.92. The molecule has 21 heavy (non-hydrogen) atoms. The van der Waals surface area contributed by atoms with Crippen molar-refractivity contribution in [3.05, 3.63) is 63.0 Å². The van der Waals surface area contributed by atoms with Crippen LogP contribution in [-0.4, -0.2) is 15.8 Å². The van der Waals surface area contributed by atoms with Gasteiger partial charge in [-0.15, -0.1) is 0 Å². The largest absolute Gasteiger partial charge is 0.379 e. The Labute approximate surface area is 132 Å². The minimum absolute atomic E-state index is 0.145. The van der Waals surface area contributed by atoms with Crippen molar-refractivity contribution in [2.24, 2.45) is 0 Å². The summed E-state index contributed by atoms with van der Waals surface area (Å²) in [5, 5.41) is 8.17. The van der Waals surface area contributed by atoms with E-state index >= 15 is 0 Å². The van der Waals surface area contributed by atoms with E-state index in [0.717, 1.165) is 12.8 Å². The fourth-order valence-corrected chi connectivity index (χ4v) is 2.56. The molecule has 1 aromatic carbocycles. The molecule has 0 amide bonds. The lowest BCUT2D eigenvalue weighted by molar-refractivity contribution is 0.770. The van der Waals surface area contributed by atoms with Gasteiger partial charge in [-0.3, -0.25) is 4.79 Å². The maximum absolute atomic E-state index is 12.3. The molecule has 2 aromatic rings. The van der Waals surface area contributed by atoms with E-state index in [1.54, 1.807) is 30.5 Å². The minimum Gasteiger partial charge on any atom is -0.379 e. The van der Waals surface area contributed by atoms with E-state index in [1.807, 2.05) is 0 Å². The van der Waals surface area contributed by atoms with E-state index in [9.17, 15) is 4.79 Å².